The van der Waals surface area contributed by atoms with Crippen molar-refractivity contribution in [2.24, 2.45) is 0 Å². The number of anilines is 1. The van der Waals surface area contributed by atoms with Gasteiger partial charge in [-0.3, -0.25) is 4.98 Å². The van der Waals surface area contributed by atoms with Crippen molar-refractivity contribution in [2.75, 3.05) is 12.4 Å². The molecule has 1 N–H and O–H groups in total. The van der Waals surface area contributed by atoms with Crippen LogP contribution in [0.25, 0.3) is 11.5 Å². The summed E-state index contributed by atoms with van der Waals surface area (Å²) < 4.78 is 0. The van der Waals surface area contributed by atoms with Crippen molar-refractivity contribution in [1.82, 2.24) is 15.0 Å². The summed E-state index contributed by atoms with van der Waals surface area (Å²) in [6, 6.07) is 5.56. The van der Waals surface area contributed by atoms with Gasteiger partial charge in [0.05, 0.1) is 5.02 Å². The number of nitrogens with one attached hydrogen (secondary N) is 1. The Morgan fingerprint density at radius 3 is 2.56 bits per heavy atom. The van der Waals surface area contributed by atoms with E-state index in [2.05, 4.69) is 34.1 Å². The summed E-state index contributed by atoms with van der Waals surface area (Å²) in [5, 5.41) is 3.64. The van der Waals surface area contributed by atoms with Gasteiger partial charge in [-0.05, 0) is 18.1 Å². The fourth-order valence-corrected chi connectivity index (χ4v) is 1.62. The molecule has 0 unspecified atom stereocenters. The van der Waals surface area contributed by atoms with E-state index < -0.39 is 0 Å². The molecule has 0 fully saturated rings. The SMILES string of the molecule is CNc1cc(C(C)C)nc(-c2ccc(Cl)cn2)n1. The van der Waals surface area contributed by atoms with E-state index in [0.717, 1.165) is 17.2 Å². The first-order valence-corrected chi connectivity index (χ1v) is 6.16. The van der Waals surface area contributed by atoms with E-state index in [1.807, 2.05) is 19.2 Å². The lowest BCUT2D eigenvalue weighted by Gasteiger charge is -2.09. The number of hydrogen-bond acceptors (Lipinski definition) is 4. The van der Waals surface area contributed by atoms with E-state index >= 15 is 0 Å². The molecule has 5 heteroatoms. The van der Waals surface area contributed by atoms with Crippen molar-refractivity contribution in [1.29, 1.82) is 0 Å². The number of aromatic nitrogens is 3. The first-order chi connectivity index (χ1) is 8.60. The van der Waals surface area contributed by atoms with Crippen LogP contribution in [-0.4, -0.2) is 22.0 Å². The third kappa shape index (κ3) is 2.76. The van der Waals surface area contributed by atoms with Gasteiger partial charge in [-0.2, -0.15) is 0 Å². The molecule has 2 aromatic heterocycles. The Labute approximate surface area is 111 Å². The first kappa shape index (κ1) is 12.8. The Bertz CT molecular complexity index is 537. The van der Waals surface area contributed by atoms with E-state index in [9.17, 15) is 0 Å². The molecule has 0 atom stereocenters. The number of pyridine rings is 1. The van der Waals surface area contributed by atoms with Crippen LogP contribution in [-0.2, 0) is 0 Å². The molecule has 2 heterocycles. The molecular formula is C13H15ClN4. The predicted molar refractivity (Wildman–Crippen MR) is 73.9 cm³/mol. The van der Waals surface area contributed by atoms with Crippen LogP contribution in [0, 0.1) is 0 Å². The van der Waals surface area contributed by atoms with E-state index in [1.54, 1.807) is 12.3 Å². The summed E-state index contributed by atoms with van der Waals surface area (Å²) in [4.78, 5) is 13.2. The van der Waals surface area contributed by atoms with Crippen LogP contribution in [0.15, 0.2) is 24.4 Å². The van der Waals surface area contributed by atoms with Gasteiger partial charge in [-0.25, -0.2) is 9.97 Å². The maximum Gasteiger partial charge on any atom is 0.180 e. The van der Waals surface area contributed by atoms with Crippen LogP contribution < -0.4 is 5.32 Å². The molecule has 4 nitrogen and oxygen atoms in total. The number of rotatable bonds is 3. The Morgan fingerprint density at radius 2 is 2.00 bits per heavy atom. The van der Waals surface area contributed by atoms with Gasteiger partial charge >= 0.3 is 0 Å². The summed E-state index contributed by atoms with van der Waals surface area (Å²) in [6.07, 6.45) is 1.60. The smallest absolute Gasteiger partial charge is 0.180 e. The minimum atomic E-state index is 0.339. The van der Waals surface area contributed by atoms with E-state index in [-0.39, 0.29) is 0 Å². The molecule has 0 radical (unpaired) electrons. The minimum absolute atomic E-state index is 0.339. The van der Waals surface area contributed by atoms with Gasteiger partial charge in [-0.1, -0.05) is 25.4 Å². The second-order valence-corrected chi connectivity index (χ2v) is 4.70. The lowest BCUT2D eigenvalue weighted by atomic mass is 10.1. The molecule has 0 saturated carbocycles. The van der Waals surface area contributed by atoms with Crippen LogP contribution in [0.5, 0.6) is 0 Å². The molecule has 0 aliphatic heterocycles. The normalized spacial score (nSPS) is 10.7. The monoisotopic (exact) mass is 262 g/mol. The van der Waals surface area contributed by atoms with Gasteiger partial charge < -0.3 is 5.32 Å². The van der Waals surface area contributed by atoms with Gasteiger partial charge in [0.1, 0.15) is 11.5 Å². The zero-order valence-electron chi connectivity index (χ0n) is 10.6. The zero-order chi connectivity index (χ0) is 13.1. The highest BCUT2D eigenvalue weighted by atomic mass is 35.5. The minimum Gasteiger partial charge on any atom is -0.373 e. The van der Waals surface area contributed by atoms with Crippen molar-refractivity contribution in [3.05, 3.63) is 35.1 Å². The van der Waals surface area contributed by atoms with Crippen LogP contribution in [0.1, 0.15) is 25.5 Å². The van der Waals surface area contributed by atoms with Gasteiger partial charge in [0.25, 0.3) is 0 Å². The highest BCUT2D eigenvalue weighted by Crippen LogP contribution is 2.21. The molecule has 2 rings (SSSR count). The zero-order valence-corrected chi connectivity index (χ0v) is 11.4. The van der Waals surface area contributed by atoms with E-state index in [0.29, 0.717) is 16.8 Å². The molecule has 94 valence electrons. The fourth-order valence-electron chi connectivity index (χ4n) is 1.51. The highest BCUT2D eigenvalue weighted by Gasteiger charge is 2.09. The lowest BCUT2D eigenvalue weighted by Crippen LogP contribution is -2.02. The Kier molecular flexibility index (Phi) is 3.77. The quantitative estimate of drug-likeness (QED) is 0.922. The lowest BCUT2D eigenvalue weighted by molar-refractivity contribution is 0.816. The summed E-state index contributed by atoms with van der Waals surface area (Å²) in [5.41, 5.74) is 1.71. The molecule has 0 aliphatic carbocycles. The van der Waals surface area contributed by atoms with Crippen molar-refractivity contribution in [3.8, 4) is 11.5 Å². The summed E-state index contributed by atoms with van der Waals surface area (Å²) in [7, 11) is 1.84. The largest absolute Gasteiger partial charge is 0.373 e. The van der Waals surface area contributed by atoms with E-state index in [1.165, 1.54) is 0 Å². The summed E-state index contributed by atoms with van der Waals surface area (Å²) in [5.74, 6) is 1.74. The van der Waals surface area contributed by atoms with Crippen molar-refractivity contribution in [2.45, 2.75) is 19.8 Å². The second kappa shape index (κ2) is 5.31. The predicted octanol–water partition coefficient (Wildman–Crippen LogP) is 3.36. The molecule has 0 spiro atoms. The van der Waals surface area contributed by atoms with Gasteiger partial charge in [0.2, 0.25) is 0 Å². The standard InChI is InChI=1S/C13H15ClN4/c1-8(2)11-6-12(15-3)18-13(17-11)10-5-4-9(14)7-16-10/h4-8H,1-3H3,(H,15,17,18). The maximum atomic E-state index is 5.82. The molecule has 0 bridgehead atoms. The van der Waals surface area contributed by atoms with Crippen molar-refractivity contribution < 1.29 is 0 Å². The van der Waals surface area contributed by atoms with Crippen LogP contribution in [0.3, 0.4) is 0 Å². The second-order valence-electron chi connectivity index (χ2n) is 4.27. The van der Waals surface area contributed by atoms with Gasteiger partial charge in [0.15, 0.2) is 5.82 Å². The highest BCUT2D eigenvalue weighted by molar-refractivity contribution is 6.30. The molecule has 0 aliphatic rings. The summed E-state index contributed by atoms with van der Waals surface area (Å²) in [6.45, 7) is 4.20. The Balaban J connectivity index is 2.49. The Morgan fingerprint density at radius 1 is 1.22 bits per heavy atom. The Hall–Kier alpha value is -1.68. The fraction of sp³-hybridized carbons (Fsp3) is 0.308. The molecule has 18 heavy (non-hydrogen) atoms. The molecule has 0 aromatic carbocycles. The number of nitrogens with zero attached hydrogens (tertiary/aromatic N) is 3. The maximum absolute atomic E-state index is 5.82. The first-order valence-electron chi connectivity index (χ1n) is 5.79. The van der Waals surface area contributed by atoms with Crippen molar-refractivity contribution in [3.63, 3.8) is 0 Å². The molecule has 0 amide bonds. The van der Waals surface area contributed by atoms with Gasteiger partial charge in [0, 0.05) is 25.0 Å². The molecule has 0 saturated heterocycles. The van der Waals surface area contributed by atoms with Crippen LogP contribution in [0.2, 0.25) is 5.02 Å². The molecular weight excluding hydrogens is 248 g/mol. The van der Waals surface area contributed by atoms with Crippen LogP contribution >= 0.6 is 11.6 Å². The molecule has 2 aromatic rings. The third-order valence-electron chi connectivity index (χ3n) is 2.55. The third-order valence-corrected chi connectivity index (χ3v) is 2.77. The van der Waals surface area contributed by atoms with Crippen molar-refractivity contribution >= 4 is 17.4 Å². The number of halogens is 1. The van der Waals surface area contributed by atoms with E-state index in [4.69, 9.17) is 11.6 Å². The van der Waals surface area contributed by atoms with Crippen LogP contribution in [0.4, 0.5) is 5.82 Å². The van der Waals surface area contributed by atoms with Gasteiger partial charge in [-0.15, -0.1) is 0 Å². The number of hydrogen-bond donors (Lipinski definition) is 1. The summed E-state index contributed by atoms with van der Waals surface area (Å²) >= 11 is 5.82. The average molecular weight is 263 g/mol. The average Bonchev–Trinajstić information content (AvgIpc) is 2.39. The topological polar surface area (TPSA) is 50.7 Å².